The standard InChI is InChI=1S/C58H65F2N8O12P/c1-2-3-17-45(63-51(71)39-20-19-36-21-22-41(33-40(36)32-39)58(59,60)81(78,79)80)56(76)67-29-10-18-46(67)53(73)62-44(23-25-48(61)69)52(72)65-50(38-13-5-4-6-14-38)57(77)66-30-27-35(28-31-66)11-7-8-12-37-15-9-16-42-43(37)34-68(55(42)75)47-24-26-49(70)64-54(47)74/h4-6,9,13-16,19-22,32-33,35,44-47,50H,2-3,7,10-11,17-18,23-31,34H2,1H3,(H2,61,69)(H,62,73)(H,63,71)(H,65,72)(H,64,70,74)(H2,78,79,80)/t44-,45-,46-,47?,50-/m0/s1. The van der Waals surface area contributed by atoms with Crippen LogP contribution in [0.1, 0.15) is 139 Å². The monoisotopic (exact) mass is 1130 g/mol. The molecule has 0 radical (unpaired) electrons. The van der Waals surface area contributed by atoms with Crippen LogP contribution in [0.4, 0.5) is 8.78 Å². The molecule has 81 heavy (non-hydrogen) atoms. The molecule has 8 N–H and O–H groups in total. The number of carbonyl (C=O) groups is 9. The summed E-state index contributed by atoms with van der Waals surface area (Å²) >= 11 is 0. The maximum atomic E-state index is 14.6. The minimum Gasteiger partial charge on any atom is -0.370 e. The number of nitrogens with one attached hydrogen (secondary N) is 4. The number of hydrogen-bond acceptors (Lipinski definition) is 10. The van der Waals surface area contributed by atoms with Crippen LogP contribution in [0.3, 0.4) is 0 Å². The number of carbonyl (C=O) groups excluding carboxylic acids is 9. The average Bonchev–Trinajstić information content (AvgIpc) is 4.32. The van der Waals surface area contributed by atoms with Crippen molar-refractivity contribution in [1.82, 2.24) is 36.0 Å². The van der Waals surface area contributed by atoms with E-state index in [4.69, 9.17) is 5.73 Å². The highest BCUT2D eigenvalue weighted by Crippen LogP contribution is 2.59. The minimum atomic E-state index is -5.88. The van der Waals surface area contributed by atoms with Gasteiger partial charge in [0.2, 0.25) is 41.4 Å². The zero-order chi connectivity index (χ0) is 58.2. The molecule has 8 rings (SSSR count). The summed E-state index contributed by atoms with van der Waals surface area (Å²) in [6, 6.07) is 15.5. The predicted octanol–water partition coefficient (Wildman–Crippen LogP) is 4.79. The molecule has 0 saturated carbocycles. The third-order valence-electron chi connectivity index (χ3n) is 15.5. The van der Waals surface area contributed by atoms with E-state index in [9.17, 15) is 66.3 Å². The SMILES string of the molecule is CCCC[C@H](NC(=O)c1ccc2ccc(C(F)(F)P(=O)(O)O)cc2c1)C(=O)N1CCC[C@H]1C(=O)N[C@@H](CCC(N)=O)C(=O)N[C@H](C(=O)N1CCC(CCC#Cc2cccc3c2CN(C2CCC(=O)NC2=O)C3=O)CC1)c1ccccc1. The minimum absolute atomic E-state index is 0.0280. The molecule has 4 heterocycles. The number of nitrogens with two attached hydrogens (primary N) is 1. The Morgan fingerprint density at radius 1 is 0.840 bits per heavy atom. The molecule has 1 unspecified atom stereocenters. The molecular formula is C58H65F2N8O12P. The molecule has 9 amide bonds. The molecule has 20 nitrogen and oxygen atoms in total. The van der Waals surface area contributed by atoms with Crippen LogP contribution in [0.25, 0.3) is 10.8 Å². The topological polar surface area (TPSA) is 295 Å². The number of imide groups is 1. The molecule has 3 fully saturated rings. The summed E-state index contributed by atoms with van der Waals surface area (Å²) in [4.78, 5) is 144. The van der Waals surface area contributed by atoms with Gasteiger partial charge < -0.3 is 46.2 Å². The second-order valence-corrected chi connectivity index (χ2v) is 22.6. The lowest BCUT2D eigenvalue weighted by Crippen LogP contribution is -2.57. The second kappa shape index (κ2) is 25.7. The molecule has 5 atom stereocenters. The van der Waals surface area contributed by atoms with Crippen LogP contribution in [-0.4, -0.2) is 121 Å². The molecule has 4 aromatic rings. The van der Waals surface area contributed by atoms with Crippen molar-refractivity contribution in [3.8, 4) is 11.8 Å². The summed E-state index contributed by atoms with van der Waals surface area (Å²) in [5.74, 6) is 1.64. The summed E-state index contributed by atoms with van der Waals surface area (Å²) in [5, 5.41) is 11.1. The van der Waals surface area contributed by atoms with Gasteiger partial charge in [-0.1, -0.05) is 86.2 Å². The number of hydrogen-bond donors (Lipinski definition) is 7. The van der Waals surface area contributed by atoms with E-state index in [-0.39, 0.29) is 86.2 Å². The number of fused-ring (bicyclic) bond motifs is 2. The molecule has 4 aliphatic heterocycles. The Kier molecular flexibility index (Phi) is 18.8. The number of piperidine rings is 2. The average molecular weight is 1140 g/mol. The predicted molar refractivity (Wildman–Crippen MR) is 291 cm³/mol. The number of primary amides is 1. The number of amides is 9. The zero-order valence-corrected chi connectivity index (χ0v) is 45.6. The molecule has 0 spiro atoms. The lowest BCUT2D eigenvalue weighted by atomic mass is 9.91. The van der Waals surface area contributed by atoms with Gasteiger partial charge in [-0.2, -0.15) is 8.78 Å². The van der Waals surface area contributed by atoms with E-state index in [1.807, 2.05) is 13.0 Å². The lowest BCUT2D eigenvalue weighted by molar-refractivity contribution is -0.141. The number of nitrogens with zero attached hydrogens (tertiary/aromatic N) is 3. The summed E-state index contributed by atoms with van der Waals surface area (Å²) in [6.45, 7) is 3.00. The van der Waals surface area contributed by atoms with Crippen LogP contribution < -0.4 is 27.0 Å². The van der Waals surface area contributed by atoms with Crippen LogP contribution in [0, 0.1) is 17.8 Å². The fourth-order valence-corrected chi connectivity index (χ4v) is 11.4. The number of benzene rings is 4. The molecule has 23 heteroatoms. The first kappa shape index (κ1) is 59.3. The first-order chi connectivity index (χ1) is 38.6. The Morgan fingerprint density at radius 3 is 2.28 bits per heavy atom. The fraction of sp³-hybridized carbons (Fsp3) is 0.431. The molecular weight excluding hydrogens is 1070 g/mol. The van der Waals surface area contributed by atoms with Crippen molar-refractivity contribution in [3.05, 3.63) is 118 Å². The molecule has 0 bridgehead atoms. The van der Waals surface area contributed by atoms with Gasteiger partial charge in [-0.25, -0.2) is 0 Å². The van der Waals surface area contributed by atoms with Crippen molar-refractivity contribution >= 4 is 71.5 Å². The van der Waals surface area contributed by atoms with Gasteiger partial charge in [-0.3, -0.25) is 53.0 Å². The highest BCUT2D eigenvalue weighted by atomic mass is 31.2. The van der Waals surface area contributed by atoms with Gasteiger partial charge in [0.25, 0.3) is 11.8 Å². The van der Waals surface area contributed by atoms with Crippen molar-refractivity contribution < 1.29 is 66.3 Å². The Hall–Kier alpha value is -7.86. The number of halogens is 2. The number of rotatable bonds is 20. The Balaban J connectivity index is 0.891. The number of alkyl halides is 2. The summed E-state index contributed by atoms with van der Waals surface area (Å²) in [7, 11) is -5.88. The Bertz CT molecular complexity index is 3230. The van der Waals surface area contributed by atoms with Crippen molar-refractivity contribution in [2.24, 2.45) is 11.7 Å². The van der Waals surface area contributed by atoms with Gasteiger partial charge in [0, 0.05) is 67.7 Å². The van der Waals surface area contributed by atoms with Gasteiger partial charge in [0.05, 0.1) is 0 Å². The van der Waals surface area contributed by atoms with E-state index >= 15 is 0 Å². The van der Waals surface area contributed by atoms with Gasteiger partial charge in [0.15, 0.2) is 0 Å². The van der Waals surface area contributed by atoms with Crippen molar-refractivity contribution in [2.45, 2.75) is 133 Å². The van der Waals surface area contributed by atoms with Crippen LogP contribution in [-0.2, 0) is 50.3 Å². The quantitative estimate of drug-likeness (QED) is 0.0357. The second-order valence-electron chi connectivity index (χ2n) is 21.0. The largest absolute Gasteiger partial charge is 0.399 e. The summed E-state index contributed by atoms with van der Waals surface area (Å²) < 4.78 is 40.8. The molecule has 428 valence electrons. The first-order valence-electron chi connectivity index (χ1n) is 27.2. The van der Waals surface area contributed by atoms with Crippen molar-refractivity contribution in [3.63, 3.8) is 0 Å². The summed E-state index contributed by atoms with van der Waals surface area (Å²) in [6.07, 6.45) is 4.37. The highest BCUT2D eigenvalue weighted by Gasteiger charge is 2.50. The van der Waals surface area contributed by atoms with Gasteiger partial charge in [-0.05, 0) is 110 Å². The van der Waals surface area contributed by atoms with Gasteiger partial charge >= 0.3 is 13.3 Å². The van der Waals surface area contributed by atoms with E-state index in [0.717, 1.165) is 24.1 Å². The third kappa shape index (κ3) is 13.8. The van der Waals surface area contributed by atoms with E-state index in [0.29, 0.717) is 73.7 Å². The van der Waals surface area contributed by atoms with Gasteiger partial charge in [-0.15, -0.1) is 0 Å². The van der Waals surface area contributed by atoms with Crippen LogP contribution in [0.15, 0.2) is 84.9 Å². The lowest BCUT2D eigenvalue weighted by Gasteiger charge is -2.35. The van der Waals surface area contributed by atoms with E-state index < -0.39 is 84.5 Å². The van der Waals surface area contributed by atoms with Gasteiger partial charge in [0.1, 0.15) is 30.2 Å². The van der Waals surface area contributed by atoms with Crippen LogP contribution in [0.5, 0.6) is 0 Å². The van der Waals surface area contributed by atoms with E-state index in [1.165, 1.54) is 34.1 Å². The maximum absolute atomic E-state index is 14.6. The zero-order valence-electron chi connectivity index (χ0n) is 44.7. The molecule has 0 aliphatic carbocycles. The Labute approximate surface area is 466 Å². The molecule has 0 aromatic heterocycles. The van der Waals surface area contributed by atoms with E-state index in [1.54, 1.807) is 47.4 Å². The molecule has 4 aliphatic rings. The van der Waals surface area contributed by atoms with Crippen LogP contribution >= 0.6 is 7.60 Å². The normalized spacial score (nSPS) is 18.7. The molecule has 3 saturated heterocycles. The smallest absolute Gasteiger partial charge is 0.370 e. The fourth-order valence-electron chi connectivity index (χ4n) is 10.9. The van der Waals surface area contributed by atoms with Crippen molar-refractivity contribution in [1.29, 1.82) is 0 Å². The Morgan fingerprint density at radius 2 is 1.58 bits per heavy atom. The molecule has 4 aromatic carbocycles. The van der Waals surface area contributed by atoms with E-state index in [2.05, 4.69) is 33.1 Å². The third-order valence-corrected chi connectivity index (χ3v) is 16.5. The highest BCUT2D eigenvalue weighted by molar-refractivity contribution is 7.52. The summed E-state index contributed by atoms with van der Waals surface area (Å²) in [5.41, 5.74) is 2.45. The number of unbranched alkanes of at least 4 members (excludes halogenated alkanes) is 1. The number of likely N-dealkylation sites (tertiary alicyclic amines) is 2. The van der Waals surface area contributed by atoms with Crippen LogP contribution in [0.2, 0.25) is 0 Å². The first-order valence-corrected chi connectivity index (χ1v) is 28.8. The maximum Gasteiger partial charge on any atom is 0.399 e. The van der Waals surface area contributed by atoms with Crippen molar-refractivity contribution in [2.75, 3.05) is 19.6 Å².